The molecule has 1 saturated carbocycles. The Morgan fingerprint density at radius 1 is 0.523 bits per heavy atom. The number of thioether (sulfide) groups is 2. The molecule has 4 heterocycles. The van der Waals surface area contributed by atoms with Crippen molar-refractivity contribution in [3.8, 4) is 0 Å². The van der Waals surface area contributed by atoms with E-state index >= 15 is 0 Å². The van der Waals surface area contributed by atoms with Gasteiger partial charge in [-0.05, 0) is 140 Å². The fourth-order valence-corrected chi connectivity index (χ4v) is 15.1. The van der Waals surface area contributed by atoms with Crippen LogP contribution in [0, 0.1) is 10.8 Å². The maximum atomic E-state index is 14.8. The molecule has 2 aromatic rings. The number of rotatable bonds is 16. The first kappa shape index (κ1) is 67.0. The Morgan fingerprint density at radius 3 is 1.16 bits per heavy atom. The van der Waals surface area contributed by atoms with Gasteiger partial charge in [0.15, 0.2) is 0 Å². The van der Waals surface area contributed by atoms with E-state index in [1.54, 1.807) is 126 Å². The van der Waals surface area contributed by atoms with Gasteiger partial charge in [0.25, 0.3) is 0 Å². The molecule has 0 radical (unpaired) electrons. The van der Waals surface area contributed by atoms with E-state index in [9.17, 15) is 47.9 Å². The van der Waals surface area contributed by atoms with Gasteiger partial charge in [-0.1, -0.05) is 88.4 Å². The van der Waals surface area contributed by atoms with E-state index in [0.29, 0.717) is 74.0 Å². The molecule has 0 spiro atoms. The summed E-state index contributed by atoms with van der Waals surface area (Å²) in [5.74, 6) is -2.85. The number of likely N-dealkylation sites (N-methyl/N-ethyl adjacent to an activating group) is 2. The number of benzene rings is 2. The molecule has 1 aliphatic carbocycles. The lowest BCUT2D eigenvalue weighted by atomic mass is 9.83. The van der Waals surface area contributed by atoms with Gasteiger partial charge in [-0.2, -0.15) is 0 Å². The molecule has 0 aromatic heterocycles. The number of hydrogen-bond acceptors (Lipinski definition) is 14. The summed E-state index contributed by atoms with van der Waals surface area (Å²) in [4.78, 5) is 146. The van der Waals surface area contributed by atoms with E-state index in [4.69, 9.17) is 9.47 Å². The Hall–Kier alpha value is -6.56. The van der Waals surface area contributed by atoms with Crippen LogP contribution in [-0.4, -0.2) is 175 Å². The Morgan fingerprint density at radius 2 is 0.849 bits per heavy atom. The fourth-order valence-electron chi connectivity index (χ4n) is 11.9. The lowest BCUT2D eigenvalue weighted by Crippen LogP contribution is -2.59. The second kappa shape index (κ2) is 27.2. The van der Waals surface area contributed by atoms with E-state index < -0.39 is 130 Å². The number of nitrogens with zero attached hydrogens (tertiary/aromatic N) is 4. The van der Waals surface area contributed by atoms with Crippen molar-refractivity contribution in [2.45, 2.75) is 217 Å². The molecule has 5 aliphatic rings. The van der Waals surface area contributed by atoms with Gasteiger partial charge in [-0.25, -0.2) is 9.59 Å². The standard InChI is InChI=1S/C62H90N10O12S2/c1-35(69(13)57(81)83-59(3,4)5)49(73)65-41-29-31-85-43-33-61(9,10)47(71(43)55(41)79)53(77)67-45(37-21-17-15-18-22-37)51(75)63-39-25-27-40(28-26-39)64-52(76)46(38-23-19-16-20-24-38)68-54(78)48-62(11,12)34-44-72(48)56(80)42(30-32-86-44)66-50(74)36(2)70(14)58(82)84-60(6,7)8/h15-24,35-36,39-48H,25-34H2,1-14H3,(H,63,75)(H,64,76)(H,65,73)(H,66,74)(H,67,77)(H,68,78)/t35-,36-,39?,40?,41-,42-,43-,44-,45-,46-,47+,48+/m0/s1. The van der Waals surface area contributed by atoms with Crippen LogP contribution in [0.5, 0.6) is 0 Å². The number of carbonyl (C=O) groups is 10. The molecule has 7 rings (SSSR count). The van der Waals surface area contributed by atoms with Gasteiger partial charge in [-0.15, -0.1) is 23.5 Å². The fraction of sp³-hybridized carbons (Fsp3) is 0.645. The van der Waals surface area contributed by atoms with Gasteiger partial charge in [0, 0.05) is 26.2 Å². The summed E-state index contributed by atoms with van der Waals surface area (Å²) >= 11 is 3.07. The average molecular weight is 1230 g/mol. The maximum Gasteiger partial charge on any atom is 0.410 e. The first-order chi connectivity index (χ1) is 40.2. The Labute approximate surface area is 514 Å². The summed E-state index contributed by atoms with van der Waals surface area (Å²) in [7, 11) is 2.91. The number of ether oxygens (including phenoxy) is 2. The molecule has 4 aliphatic heterocycles. The highest BCUT2D eigenvalue weighted by molar-refractivity contribution is 8.00. The van der Waals surface area contributed by atoms with Crippen molar-refractivity contribution < 1.29 is 57.4 Å². The predicted octanol–water partition coefficient (Wildman–Crippen LogP) is 5.91. The van der Waals surface area contributed by atoms with E-state index in [1.165, 1.54) is 47.4 Å². The molecular formula is C62H90N10O12S2. The normalized spacial score (nSPS) is 25.8. The molecule has 0 bridgehead atoms. The zero-order valence-electron chi connectivity index (χ0n) is 52.3. The van der Waals surface area contributed by atoms with Crippen molar-refractivity contribution in [1.29, 1.82) is 0 Å². The summed E-state index contributed by atoms with van der Waals surface area (Å²) in [6, 6.07) is 8.85. The van der Waals surface area contributed by atoms with E-state index in [1.807, 2.05) is 27.7 Å². The van der Waals surface area contributed by atoms with Gasteiger partial charge in [0.1, 0.15) is 59.5 Å². The van der Waals surface area contributed by atoms with Crippen molar-refractivity contribution in [3.63, 3.8) is 0 Å². The SMILES string of the molecule is C[C@@H](C(=O)N[C@H]1CCS[C@H]2CC(C)(C)[C@@H](C(=O)N[C@H](C(=O)NC3CCC(NC(=O)[C@@H](NC(=O)[C@H]4N5C(=O)[C@@H](NC(=O)[C@H](C)N(C)C(=O)OC(C)(C)C)CCS[C@H]5CC4(C)C)c4ccccc4)CC3)c3ccccc3)N2C1=O)N(C)C(=O)OC(C)(C)C. The molecule has 4 saturated heterocycles. The second-order valence-corrected chi connectivity index (χ2v) is 29.4. The van der Waals surface area contributed by atoms with Crippen LogP contribution in [0.3, 0.4) is 0 Å². The minimum absolute atomic E-state index is 0.303. The summed E-state index contributed by atoms with van der Waals surface area (Å²) in [6.45, 7) is 21.1. The van der Waals surface area contributed by atoms with Crippen molar-refractivity contribution >= 4 is 83.0 Å². The van der Waals surface area contributed by atoms with Crippen LogP contribution in [0.2, 0.25) is 0 Å². The largest absolute Gasteiger partial charge is 0.444 e. The highest BCUT2D eigenvalue weighted by Gasteiger charge is 2.57. The van der Waals surface area contributed by atoms with Crippen LogP contribution >= 0.6 is 23.5 Å². The van der Waals surface area contributed by atoms with Crippen molar-refractivity contribution in [3.05, 3.63) is 71.8 Å². The Bertz CT molecular complexity index is 2650. The Balaban J connectivity index is 0.990. The van der Waals surface area contributed by atoms with E-state index in [0.717, 1.165) is 0 Å². The van der Waals surface area contributed by atoms with Crippen LogP contribution in [0.15, 0.2) is 60.7 Å². The molecule has 10 amide bonds. The molecule has 0 unspecified atom stereocenters. The quantitative estimate of drug-likeness (QED) is 0.114. The molecular weight excluding hydrogens is 1140 g/mol. The first-order valence-corrected chi connectivity index (χ1v) is 32.0. The molecule has 22 nitrogen and oxygen atoms in total. The number of nitrogens with one attached hydrogen (secondary N) is 6. The highest BCUT2D eigenvalue weighted by atomic mass is 32.2. The monoisotopic (exact) mass is 1230 g/mol. The van der Waals surface area contributed by atoms with Crippen LogP contribution in [0.4, 0.5) is 9.59 Å². The predicted molar refractivity (Wildman–Crippen MR) is 328 cm³/mol. The number of carbonyl (C=O) groups excluding carboxylic acids is 10. The summed E-state index contributed by atoms with van der Waals surface area (Å²) in [5, 5.41) is 17.3. The smallest absolute Gasteiger partial charge is 0.410 e. The minimum atomic E-state index is -1.14. The zero-order chi connectivity index (χ0) is 63.4. The summed E-state index contributed by atoms with van der Waals surface area (Å²) < 4.78 is 10.9. The van der Waals surface area contributed by atoms with Crippen LogP contribution in [0.1, 0.15) is 158 Å². The molecule has 2 aromatic carbocycles. The minimum Gasteiger partial charge on any atom is -0.444 e. The molecule has 6 N–H and O–H groups in total. The van der Waals surface area contributed by atoms with E-state index in [-0.39, 0.29) is 22.8 Å². The molecule has 86 heavy (non-hydrogen) atoms. The van der Waals surface area contributed by atoms with E-state index in [2.05, 4.69) is 31.9 Å². The first-order valence-electron chi connectivity index (χ1n) is 29.9. The lowest BCUT2D eigenvalue weighted by molar-refractivity contribution is -0.144. The highest BCUT2D eigenvalue weighted by Crippen LogP contribution is 2.48. The van der Waals surface area contributed by atoms with Crippen LogP contribution in [-0.2, 0) is 47.8 Å². The maximum absolute atomic E-state index is 14.8. The summed E-state index contributed by atoms with van der Waals surface area (Å²) in [5.41, 5.74) is -1.97. The van der Waals surface area contributed by atoms with Crippen LogP contribution in [0.25, 0.3) is 0 Å². The molecule has 472 valence electrons. The van der Waals surface area contributed by atoms with Gasteiger partial charge >= 0.3 is 12.2 Å². The third kappa shape index (κ3) is 16.1. The average Bonchev–Trinajstić information content (AvgIpc) is 1.67. The topological polar surface area (TPSA) is 274 Å². The van der Waals surface area contributed by atoms with Gasteiger partial charge in [0.05, 0.1) is 10.7 Å². The molecule has 10 atom stereocenters. The Kier molecular flexibility index (Phi) is 21.2. The number of amides is 10. The second-order valence-electron chi connectivity index (χ2n) is 26.8. The van der Waals surface area contributed by atoms with Gasteiger partial charge in [-0.3, -0.25) is 48.2 Å². The number of fused-ring (bicyclic) bond motifs is 2. The third-order valence-corrected chi connectivity index (χ3v) is 19.3. The zero-order valence-corrected chi connectivity index (χ0v) is 53.9. The van der Waals surface area contributed by atoms with Crippen molar-refractivity contribution in [2.24, 2.45) is 10.8 Å². The van der Waals surface area contributed by atoms with Gasteiger partial charge in [0.2, 0.25) is 47.3 Å². The summed E-state index contributed by atoms with van der Waals surface area (Å²) in [6.07, 6.45) is 2.11. The number of hydrogen-bond donors (Lipinski definition) is 6. The lowest BCUT2D eigenvalue weighted by Gasteiger charge is -2.36. The molecule has 24 heteroatoms. The van der Waals surface area contributed by atoms with Crippen LogP contribution < -0.4 is 31.9 Å². The van der Waals surface area contributed by atoms with Crippen molar-refractivity contribution in [2.75, 3.05) is 25.6 Å². The van der Waals surface area contributed by atoms with Gasteiger partial charge < -0.3 is 51.2 Å². The van der Waals surface area contributed by atoms with Crippen molar-refractivity contribution in [1.82, 2.24) is 51.5 Å². The molecule has 5 fully saturated rings. The third-order valence-electron chi connectivity index (χ3n) is 16.8.